The van der Waals surface area contributed by atoms with Crippen LogP contribution in [0.2, 0.25) is 0 Å². The minimum absolute atomic E-state index is 0.0470. The van der Waals surface area contributed by atoms with E-state index in [9.17, 15) is 4.79 Å². The molecule has 0 spiro atoms. The summed E-state index contributed by atoms with van der Waals surface area (Å²) in [6, 6.07) is 6.20. The standard InChI is InChI=1S/C14H22N2O2/c1-5-16-11(3)12-8-10(2)6-7-13(12)18-9-14(17)15-4/h6-8,11,16H,5,9H2,1-4H3,(H,15,17). The number of benzene rings is 1. The third-order valence-electron chi connectivity index (χ3n) is 2.78. The molecule has 1 amide bonds. The fourth-order valence-electron chi connectivity index (χ4n) is 1.77. The highest BCUT2D eigenvalue weighted by Gasteiger charge is 2.12. The molecule has 0 aliphatic rings. The van der Waals surface area contributed by atoms with Gasteiger partial charge >= 0.3 is 0 Å². The Balaban J connectivity index is 2.85. The average molecular weight is 250 g/mol. The number of nitrogens with one attached hydrogen (secondary N) is 2. The molecule has 1 aromatic rings. The van der Waals surface area contributed by atoms with Gasteiger partial charge in [0.25, 0.3) is 5.91 Å². The van der Waals surface area contributed by atoms with E-state index < -0.39 is 0 Å². The molecule has 1 unspecified atom stereocenters. The van der Waals surface area contributed by atoms with Gasteiger partial charge < -0.3 is 15.4 Å². The van der Waals surface area contributed by atoms with Crippen LogP contribution in [-0.4, -0.2) is 26.1 Å². The molecule has 0 aromatic heterocycles. The van der Waals surface area contributed by atoms with E-state index in [1.807, 2.05) is 19.1 Å². The molecule has 2 N–H and O–H groups in total. The number of hydrogen-bond donors (Lipinski definition) is 2. The average Bonchev–Trinajstić information content (AvgIpc) is 2.37. The smallest absolute Gasteiger partial charge is 0.257 e. The zero-order valence-electron chi connectivity index (χ0n) is 11.5. The van der Waals surface area contributed by atoms with E-state index in [0.717, 1.165) is 17.9 Å². The predicted molar refractivity (Wildman–Crippen MR) is 72.8 cm³/mol. The summed E-state index contributed by atoms with van der Waals surface area (Å²) in [5.74, 6) is 0.635. The number of carbonyl (C=O) groups excluding carboxylic acids is 1. The summed E-state index contributed by atoms with van der Waals surface area (Å²) in [4.78, 5) is 11.2. The Hall–Kier alpha value is -1.55. The molecule has 0 saturated heterocycles. The van der Waals surface area contributed by atoms with Gasteiger partial charge in [0.2, 0.25) is 0 Å². The van der Waals surface area contributed by atoms with Crippen LogP contribution >= 0.6 is 0 Å². The third kappa shape index (κ3) is 4.04. The summed E-state index contributed by atoms with van der Waals surface area (Å²) in [6.45, 7) is 7.14. The first-order valence-corrected chi connectivity index (χ1v) is 6.25. The molecule has 0 saturated carbocycles. The van der Waals surface area contributed by atoms with Gasteiger partial charge in [-0.25, -0.2) is 0 Å². The monoisotopic (exact) mass is 250 g/mol. The molecule has 0 heterocycles. The molecule has 4 nitrogen and oxygen atoms in total. The fraction of sp³-hybridized carbons (Fsp3) is 0.500. The molecule has 18 heavy (non-hydrogen) atoms. The first kappa shape index (κ1) is 14.5. The van der Waals surface area contributed by atoms with Crippen molar-refractivity contribution in [3.63, 3.8) is 0 Å². The quantitative estimate of drug-likeness (QED) is 0.809. The van der Waals surface area contributed by atoms with Crippen molar-refractivity contribution in [1.82, 2.24) is 10.6 Å². The van der Waals surface area contributed by atoms with E-state index in [1.54, 1.807) is 7.05 Å². The van der Waals surface area contributed by atoms with Gasteiger partial charge in [-0.3, -0.25) is 4.79 Å². The van der Waals surface area contributed by atoms with Crippen LogP contribution in [0.3, 0.4) is 0 Å². The maximum absolute atomic E-state index is 11.2. The second-order valence-corrected chi connectivity index (χ2v) is 4.28. The normalized spacial score (nSPS) is 12.0. The number of rotatable bonds is 6. The maximum Gasteiger partial charge on any atom is 0.257 e. The van der Waals surface area contributed by atoms with E-state index in [1.165, 1.54) is 5.56 Å². The largest absolute Gasteiger partial charge is 0.483 e. The first-order valence-electron chi connectivity index (χ1n) is 6.25. The van der Waals surface area contributed by atoms with E-state index in [0.29, 0.717) is 0 Å². The summed E-state index contributed by atoms with van der Waals surface area (Å²) in [7, 11) is 1.60. The van der Waals surface area contributed by atoms with Gasteiger partial charge in [-0.05, 0) is 26.5 Å². The molecule has 100 valence electrons. The summed E-state index contributed by atoms with van der Waals surface area (Å²) in [5.41, 5.74) is 2.27. The Kier molecular flexibility index (Phi) is 5.65. The maximum atomic E-state index is 11.2. The van der Waals surface area contributed by atoms with Crippen molar-refractivity contribution in [3.05, 3.63) is 29.3 Å². The van der Waals surface area contributed by atoms with Gasteiger partial charge in [0, 0.05) is 18.7 Å². The van der Waals surface area contributed by atoms with Crippen LogP contribution in [-0.2, 0) is 4.79 Å². The molecule has 0 aliphatic heterocycles. The van der Waals surface area contributed by atoms with Crippen molar-refractivity contribution >= 4 is 5.91 Å². The topological polar surface area (TPSA) is 50.4 Å². The van der Waals surface area contributed by atoms with Crippen molar-refractivity contribution < 1.29 is 9.53 Å². The van der Waals surface area contributed by atoms with E-state index in [-0.39, 0.29) is 18.6 Å². The Morgan fingerprint density at radius 3 is 2.78 bits per heavy atom. The van der Waals surface area contributed by atoms with Crippen molar-refractivity contribution in [2.75, 3.05) is 20.2 Å². The lowest BCUT2D eigenvalue weighted by molar-refractivity contribution is -0.122. The highest BCUT2D eigenvalue weighted by Crippen LogP contribution is 2.26. The van der Waals surface area contributed by atoms with Gasteiger partial charge in [-0.1, -0.05) is 24.6 Å². The second kappa shape index (κ2) is 7.01. The highest BCUT2D eigenvalue weighted by molar-refractivity contribution is 5.77. The molecule has 0 fully saturated rings. The molecule has 0 aliphatic carbocycles. The summed E-state index contributed by atoms with van der Waals surface area (Å²) >= 11 is 0. The van der Waals surface area contributed by atoms with Crippen LogP contribution in [0.25, 0.3) is 0 Å². The molecular formula is C14H22N2O2. The van der Waals surface area contributed by atoms with Gasteiger partial charge in [0.05, 0.1) is 0 Å². The van der Waals surface area contributed by atoms with Gasteiger partial charge in [0.1, 0.15) is 5.75 Å². The molecule has 0 bridgehead atoms. The molecule has 1 atom stereocenters. The minimum Gasteiger partial charge on any atom is -0.483 e. The lowest BCUT2D eigenvalue weighted by Gasteiger charge is -2.18. The van der Waals surface area contributed by atoms with Crippen molar-refractivity contribution in [3.8, 4) is 5.75 Å². The number of ether oxygens (including phenoxy) is 1. The second-order valence-electron chi connectivity index (χ2n) is 4.28. The van der Waals surface area contributed by atoms with E-state index in [4.69, 9.17) is 4.74 Å². The third-order valence-corrected chi connectivity index (χ3v) is 2.78. The lowest BCUT2D eigenvalue weighted by Crippen LogP contribution is -2.25. The van der Waals surface area contributed by atoms with E-state index >= 15 is 0 Å². The van der Waals surface area contributed by atoms with Crippen LogP contribution < -0.4 is 15.4 Å². The number of carbonyl (C=O) groups is 1. The number of aryl methyl sites for hydroxylation is 1. The first-order chi connectivity index (χ1) is 8.58. The van der Waals surface area contributed by atoms with Crippen LogP contribution in [0.1, 0.15) is 31.0 Å². The minimum atomic E-state index is -0.127. The Bertz CT molecular complexity index is 405. The van der Waals surface area contributed by atoms with Gasteiger partial charge in [-0.15, -0.1) is 0 Å². The molecule has 1 aromatic carbocycles. The molecule has 4 heteroatoms. The van der Waals surface area contributed by atoms with Gasteiger partial charge in [0.15, 0.2) is 6.61 Å². The Labute approximate surface area is 109 Å². The van der Waals surface area contributed by atoms with E-state index in [2.05, 4.69) is 30.5 Å². The zero-order chi connectivity index (χ0) is 13.5. The molecule has 1 rings (SSSR count). The highest BCUT2D eigenvalue weighted by atomic mass is 16.5. The number of likely N-dealkylation sites (N-methyl/N-ethyl adjacent to an activating group) is 1. The van der Waals surface area contributed by atoms with Gasteiger partial charge in [-0.2, -0.15) is 0 Å². The molecule has 0 radical (unpaired) electrons. The lowest BCUT2D eigenvalue weighted by atomic mass is 10.0. The van der Waals surface area contributed by atoms with Crippen molar-refractivity contribution in [2.24, 2.45) is 0 Å². The van der Waals surface area contributed by atoms with Crippen LogP contribution in [0.5, 0.6) is 5.75 Å². The predicted octanol–water partition coefficient (Wildman–Crippen LogP) is 1.79. The zero-order valence-corrected chi connectivity index (χ0v) is 11.5. The number of hydrogen-bond acceptors (Lipinski definition) is 3. The Morgan fingerprint density at radius 1 is 1.44 bits per heavy atom. The summed E-state index contributed by atoms with van der Waals surface area (Å²) in [5, 5.41) is 5.89. The van der Waals surface area contributed by atoms with Crippen LogP contribution in [0.4, 0.5) is 0 Å². The van der Waals surface area contributed by atoms with Crippen molar-refractivity contribution in [1.29, 1.82) is 0 Å². The van der Waals surface area contributed by atoms with Crippen LogP contribution in [0.15, 0.2) is 18.2 Å². The van der Waals surface area contributed by atoms with Crippen LogP contribution in [0, 0.1) is 6.92 Å². The SMILES string of the molecule is CCNC(C)c1cc(C)ccc1OCC(=O)NC. The summed E-state index contributed by atoms with van der Waals surface area (Å²) in [6.07, 6.45) is 0. The summed E-state index contributed by atoms with van der Waals surface area (Å²) < 4.78 is 5.56. The molecular weight excluding hydrogens is 228 g/mol. The number of amides is 1. The fourth-order valence-corrected chi connectivity index (χ4v) is 1.77. The Morgan fingerprint density at radius 2 is 2.17 bits per heavy atom. The van der Waals surface area contributed by atoms with Crippen molar-refractivity contribution in [2.45, 2.75) is 26.8 Å².